The second-order valence-corrected chi connectivity index (χ2v) is 7.26. The Labute approximate surface area is 134 Å². The van der Waals surface area contributed by atoms with E-state index in [9.17, 15) is 9.59 Å². The Bertz CT molecular complexity index is 636. The summed E-state index contributed by atoms with van der Waals surface area (Å²) in [6, 6.07) is 1.49. The van der Waals surface area contributed by atoms with Crippen LogP contribution in [0.2, 0.25) is 0 Å². The van der Waals surface area contributed by atoms with Gasteiger partial charge in [0.1, 0.15) is 5.00 Å². The van der Waals surface area contributed by atoms with E-state index in [0.717, 1.165) is 16.5 Å². The van der Waals surface area contributed by atoms with Gasteiger partial charge in [-0.1, -0.05) is 0 Å². The maximum Gasteiger partial charge on any atom is 0.338 e. The monoisotopic (exact) mass is 342 g/mol. The van der Waals surface area contributed by atoms with Crippen molar-refractivity contribution in [2.45, 2.75) is 19.1 Å². The fourth-order valence-electron chi connectivity index (χ4n) is 1.58. The van der Waals surface area contributed by atoms with Crippen molar-refractivity contribution in [1.82, 2.24) is 4.98 Å². The maximum absolute atomic E-state index is 11.8. The summed E-state index contributed by atoms with van der Waals surface area (Å²) in [6.07, 6.45) is 0.352. The molecule has 0 fully saturated rings. The molecule has 0 saturated carbocycles. The number of carbonyl (C=O) groups excluding carboxylic acids is 1. The molecule has 2 N–H and O–H groups in total. The lowest BCUT2D eigenvalue weighted by Gasteiger charge is -2.04. The summed E-state index contributed by atoms with van der Waals surface area (Å²) in [4.78, 5) is 27.1. The van der Waals surface area contributed by atoms with Gasteiger partial charge in [0.15, 0.2) is 0 Å². The molecular weight excluding hydrogens is 328 g/mol. The van der Waals surface area contributed by atoms with Crippen molar-refractivity contribution in [3.63, 3.8) is 0 Å². The fourth-order valence-corrected chi connectivity index (χ4v) is 3.92. The Morgan fingerprint density at radius 2 is 2.24 bits per heavy atom. The van der Waals surface area contributed by atoms with Gasteiger partial charge in [-0.05, 0) is 18.4 Å². The van der Waals surface area contributed by atoms with Crippen molar-refractivity contribution < 1.29 is 14.7 Å². The molecule has 1 amide bonds. The van der Waals surface area contributed by atoms with Crippen LogP contribution >= 0.6 is 34.4 Å². The lowest BCUT2D eigenvalue weighted by atomic mass is 10.3. The molecule has 0 aliphatic rings. The van der Waals surface area contributed by atoms with Crippen LogP contribution in [0.1, 0.15) is 27.5 Å². The number of carboxylic acids is 1. The Morgan fingerprint density at radius 3 is 2.90 bits per heavy atom. The number of nitrogens with zero attached hydrogens (tertiary/aromatic N) is 1. The zero-order valence-corrected chi connectivity index (χ0v) is 13.7. The number of thioether (sulfide) groups is 1. The largest absolute Gasteiger partial charge is 0.478 e. The number of carboxylic acid groups (broad SMARTS) is 1. The molecule has 21 heavy (non-hydrogen) atoms. The van der Waals surface area contributed by atoms with Gasteiger partial charge in [-0.15, -0.1) is 22.7 Å². The number of hydrogen-bond donors (Lipinski definition) is 2. The zero-order valence-electron chi connectivity index (χ0n) is 11.3. The summed E-state index contributed by atoms with van der Waals surface area (Å²) in [6.45, 7) is 1.97. The third-order valence-corrected chi connectivity index (χ3v) is 5.18. The van der Waals surface area contributed by atoms with Crippen molar-refractivity contribution in [2.24, 2.45) is 0 Å². The maximum atomic E-state index is 11.8. The Kier molecular flexibility index (Phi) is 5.77. The van der Waals surface area contributed by atoms with Crippen molar-refractivity contribution in [2.75, 3.05) is 11.1 Å². The van der Waals surface area contributed by atoms with E-state index < -0.39 is 5.97 Å². The Hall–Kier alpha value is -1.38. The van der Waals surface area contributed by atoms with Gasteiger partial charge in [-0.25, -0.2) is 9.78 Å². The predicted molar refractivity (Wildman–Crippen MR) is 87.5 cm³/mol. The molecule has 0 unspecified atom stereocenters. The summed E-state index contributed by atoms with van der Waals surface area (Å²) in [7, 11) is 0. The van der Waals surface area contributed by atoms with E-state index in [1.165, 1.54) is 17.4 Å². The highest BCUT2D eigenvalue weighted by atomic mass is 32.2. The van der Waals surface area contributed by atoms with Crippen LogP contribution in [0.4, 0.5) is 5.00 Å². The number of thiazole rings is 1. The average Bonchev–Trinajstić information content (AvgIpc) is 3.04. The van der Waals surface area contributed by atoms with E-state index in [4.69, 9.17) is 5.11 Å². The number of thiophene rings is 1. The van der Waals surface area contributed by atoms with Gasteiger partial charge in [0.05, 0.1) is 16.3 Å². The van der Waals surface area contributed by atoms with E-state index in [2.05, 4.69) is 10.3 Å². The molecule has 0 aromatic carbocycles. The third kappa shape index (κ3) is 4.83. The number of nitrogens with one attached hydrogen (secondary N) is 1. The molecule has 8 heteroatoms. The first-order valence-corrected chi connectivity index (χ1v) is 9.07. The molecule has 2 aromatic heterocycles. The minimum atomic E-state index is -1.03. The van der Waals surface area contributed by atoms with Gasteiger partial charge in [0.2, 0.25) is 5.91 Å². The number of rotatable bonds is 7. The molecule has 0 aliphatic carbocycles. The first kappa shape index (κ1) is 16.0. The number of aromatic nitrogens is 1. The quantitative estimate of drug-likeness (QED) is 0.753. The topological polar surface area (TPSA) is 79.3 Å². The minimum Gasteiger partial charge on any atom is -0.478 e. The molecule has 0 saturated heterocycles. The van der Waals surface area contributed by atoms with Gasteiger partial charge in [0.25, 0.3) is 0 Å². The zero-order chi connectivity index (χ0) is 15.2. The van der Waals surface area contributed by atoms with Gasteiger partial charge < -0.3 is 10.4 Å². The van der Waals surface area contributed by atoms with Crippen LogP contribution in [0.15, 0.2) is 16.8 Å². The summed E-state index contributed by atoms with van der Waals surface area (Å²) in [5.74, 6) is 0.273. The molecule has 0 atom stereocenters. The number of anilines is 1. The number of aromatic carboxylic acids is 1. The van der Waals surface area contributed by atoms with Gasteiger partial charge in [-0.3, -0.25) is 4.79 Å². The highest BCUT2D eigenvalue weighted by molar-refractivity contribution is 7.98. The van der Waals surface area contributed by atoms with Crippen LogP contribution < -0.4 is 5.32 Å². The number of amides is 1. The van der Waals surface area contributed by atoms with Crippen LogP contribution in [0.5, 0.6) is 0 Å². The molecule has 0 bridgehead atoms. The van der Waals surface area contributed by atoms with Crippen molar-refractivity contribution in [1.29, 1.82) is 0 Å². The summed E-state index contributed by atoms with van der Waals surface area (Å²) >= 11 is 4.48. The molecule has 2 heterocycles. The smallest absolute Gasteiger partial charge is 0.338 e. The standard InChI is InChI=1S/C13H14N2O3S3/c1-8-14-9(7-21-8)6-19-4-3-11(16)15-12-10(13(17)18)2-5-20-12/h2,5,7H,3-4,6H2,1H3,(H,15,16)(H,17,18). The van der Waals surface area contributed by atoms with E-state index in [0.29, 0.717) is 17.2 Å². The molecule has 0 spiro atoms. The van der Waals surface area contributed by atoms with Crippen LogP contribution in [0.3, 0.4) is 0 Å². The van der Waals surface area contributed by atoms with Crippen LogP contribution in [0.25, 0.3) is 0 Å². The van der Waals surface area contributed by atoms with E-state index in [1.807, 2.05) is 12.3 Å². The SMILES string of the molecule is Cc1nc(CSCCC(=O)Nc2sccc2C(=O)O)cs1. The van der Waals surface area contributed by atoms with Crippen LogP contribution in [-0.4, -0.2) is 27.7 Å². The summed E-state index contributed by atoms with van der Waals surface area (Å²) in [5.41, 5.74) is 1.17. The van der Waals surface area contributed by atoms with Crippen molar-refractivity contribution in [3.8, 4) is 0 Å². The first-order chi connectivity index (χ1) is 10.1. The fraction of sp³-hybridized carbons (Fsp3) is 0.308. The van der Waals surface area contributed by atoms with E-state index >= 15 is 0 Å². The van der Waals surface area contributed by atoms with E-state index in [1.54, 1.807) is 28.5 Å². The van der Waals surface area contributed by atoms with E-state index in [-0.39, 0.29) is 11.5 Å². The van der Waals surface area contributed by atoms with Crippen LogP contribution in [-0.2, 0) is 10.5 Å². The first-order valence-electron chi connectivity index (χ1n) is 6.15. The number of carbonyl (C=O) groups is 2. The summed E-state index contributed by atoms with van der Waals surface area (Å²) < 4.78 is 0. The molecule has 112 valence electrons. The van der Waals surface area contributed by atoms with Gasteiger partial charge in [0, 0.05) is 23.3 Å². The average molecular weight is 342 g/mol. The normalized spacial score (nSPS) is 10.5. The number of aryl methyl sites for hydroxylation is 1. The molecular formula is C13H14N2O3S3. The van der Waals surface area contributed by atoms with Gasteiger partial charge in [-0.2, -0.15) is 11.8 Å². The predicted octanol–water partition coefficient (Wildman–Crippen LogP) is 3.47. The van der Waals surface area contributed by atoms with Crippen molar-refractivity contribution in [3.05, 3.63) is 33.1 Å². The minimum absolute atomic E-state index is 0.138. The molecule has 2 aromatic rings. The summed E-state index contributed by atoms with van der Waals surface area (Å²) in [5, 5.41) is 16.7. The van der Waals surface area contributed by atoms with Crippen molar-refractivity contribution >= 4 is 51.3 Å². The highest BCUT2D eigenvalue weighted by Gasteiger charge is 2.13. The lowest BCUT2D eigenvalue weighted by molar-refractivity contribution is -0.115. The van der Waals surface area contributed by atoms with Crippen LogP contribution in [0, 0.1) is 6.92 Å². The third-order valence-electron chi connectivity index (χ3n) is 2.54. The molecule has 0 radical (unpaired) electrons. The molecule has 2 rings (SSSR count). The number of hydrogen-bond acceptors (Lipinski definition) is 6. The lowest BCUT2D eigenvalue weighted by Crippen LogP contribution is -2.13. The molecule has 5 nitrogen and oxygen atoms in total. The second-order valence-electron chi connectivity index (χ2n) is 4.18. The molecule has 0 aliphatic heterocycles. The van der Waals surface area contributed by atoms with Gasteiger partial charge >= 0.3 is 5.97 Å². The highest BCUT2D eigenvalue weighted by Crippen LogP contribution is 2.23. The Balaban J connectivity index is 1.72. The Morgan fingerprint density at radius 1 is 1.43 bits per heavy atom. The second kappa shape index (κ2) is 7.58.